The molecule has 0 spiro atoms. The van der Waals surface area contributed by atoms with Crippen molar-refractivity contribution in [3.63, 3.8) is 0 Å². The predicted molar refractivity (Wildman–Crippen MR) is 78.2 cm³/mol. The quantitative estimate of drug-likeness (QED) is 0.434. The normalized spacial score (nSPS) is 12.1. The van der Waals surface area contributed by atoms with Crippen molar-refractivity contribution in [3.8, 4) is 0 Å². The lowest BCUT2D eigenvalue weighted by atomic mass is 9.50. The van der Waals surface area contributed by atoms with Gasteiger partial charge in [-0.25, -0.2) is 0 Å². The van der Waals surface area contributed by atoms with Crippen LogP contribution in [0.4, 0.5) is 0 Å². The summed E-state index contributed by atoms with van der Waals surface area (Å²) in [7, 11) is 8.48. The minimum atomic E-state index is -0.867. The van der Waals surface area contributed by atoms with Crippen molar-refractivity contribution in [1.29, 1.82) is 0 Å². The lowest BCUT2D eigenvalue weighted by Crippen LogP contribution is -2.38. The van der Waals surface area contributed by atoms with E-state index < -0.39 is 10.6 Å². The molecule has 1 aromatic carbocycles. The molecule has 0 fully saturated rings. The Morgan fingerprint density at radius 2 is 1.53 bits per heavy atom. The number of aliphatic hydroxyl groups is 1. The van der Waals surface area contributed by atoms with Gasteiger partial charge in [-0.05, 0) is 11.1 Å². The molecule has 1 N–H and O–H groups in total. The van der Waals surface area contributed by atoms with Gasteiger partial charge in [0.2, 0.25) is 0 Å². The van der Waals surface area contributed by atoms with Crippen LogP contribution in [-0.2, 0) is 20.1 Å². The second kappa shape index (κ2) is 4.65. The summed E-state index contributed by atoms with van der Waals surface area (Å²) in [4.78, 5) is 11.6. The van der Waals surface area contributed by atoms with Crippen molar-refractivity contribution >= 4 is 37.4 Å². The van der Waals surface area contributed by atoms with Crippen LogP contribution in [0.3, 0.4) is 0 Å². The largest absolute Gasteiger partial charge is 0.469 e. The third-order valence-corrected chi connectivity index (χ3v) is 3.01. The summed E-state index contributed by atoms with van der Waals surface area (Å²) in [5, 5.41) is 8.31. The Labute approximate surface area is 106 Å². The van der Waals surface area contributed by atoms with Gasteiger partial charge in [0.05, 0.1) is 7.11 Å². The van der Waals surface area contributed by atoms with E-state index in [4.69, 9.17) is 4.74 Å². The zero-order valence-corrected chi connectivity index (χ0v) is 11.1. The van der Waals surface area contributed by atoms with E-state index in [-0.39, 0.29) is 5.97 Å². The molecule has 0 saturated carbocycles. The second-order valence-corrected chi connectivity index (χ2v) is 5.25. The average molecular weight is 227 g/mol. The number of benzene rings is 1. The van der Waals surface area contributed by atoms with Crippen LogP contribution in [0.1, 0.15) is 11.1 Å². The molecule has 3 nitrogen and oxygen atoms in total. The topological polar surface area (TPSA) is 46.5 Å². The van der Waals surface area contributed by atoms with Gasteiger partial charge in [0, 0.05) is 10.6 Å². The maximum Gasteiger partial charge on any atom is 0.300 e. The van der Waals surface area contributed by atoms with Crippen LogP contribution in [0.25, 0.3) is 0 Å². The Bertz CT molecular complexity index is 409. The van der Waals surface area contributed by atoms with Crippen LogP contribution in [0.5, 0.6) is 0 Å². The molecular formula is C10H16B4O3. The molecule has 0 unspecified atom stereocenters. The smallest absolute Gasteiger partial charge is 0.300 e. The predicted octanol–water partition coefficient (Wildman–Crippen LogP) is -3.35. The minimum Gasteiger partial charge on any atom is -0.469 e. The average Bonchev–Trinajstić information content (AvgIpc) is 2.27. The fraction of sp³-hybridized carbons (Fsp3) is 0.300. The molecule has 0 bridgehead atoms. The van der Waals surface area contributed by atoms with Gasteiger partial charge in [-0.1, -0.05) is 24.3 Å². The highest BCUT2D eigenvalue weighted by Gasteiger charge is 2.30. The Morgan fingerprint density at radius 1 is 1.12 bits per heavy atom. The maximum atomic E-state index is 11.6. The van der Waals surface area contributed by atoms with Gasteiger partial charge in [-0.15, -0.1) is 0 Å². The zero-order chi connectivity index (χ0) is 13.3. The number of methoxy groups -OCH3 is 1. The molecule has 1 rings (SSSR count). The van der Waals surface area contributed by atoms with E-state index in [1.807, 2.05) is 40.0 Å². The minimum absolute atomic E-state index is 0.270. The molecule has 0 aliphatic heterocycles. The molecule has 0 saturated heterocycles. The maximum absolute atomic E-state index is 11.6. The Kier molecular flexibility index (Phi) is 3.82. The molecule has 0 heterocycles. The Hall–Kier alpha value is -1.09. The number of hydrogen-bond acceptors (Lipinski definition) is 3. The van der Waals surface area contributed by atoms with E-state index >= 15 is 0 Å². The van der Waals surface area contributed by atoms with Crippen LogP contribution in [0, 0.1) is 0 Å². The first-order valence-corrected chi connectivity index (χ1v) is 5.61. The van der Waals surface area contributed by atoms with Gasteiger partial charge in [0.1, 0.15) is 31.4 Å². The lowest BCUT2D eigenvalue weighted by molar-refractivity contribution is -0.141. The van der Waals surface area contributed by atoms with Crippen LogP contribution in [-0.4, -0.2) is 49.6 Å². The number of esters is 1. The molecule has 1 aromatic rings. The molecule has 0 aromatic heterocycles. The van der Waals surface area contributed by atoms with Crippen molar-refractivity contribution in [1.82, 2.24) is 0 Å². The monoisotopic (exact) mass is 228 g/mol. The van der Waals surface area contributed by atoms with Gasteiger partial charge in [-0.2, -0.15) is 0 Å². The number of ether oxygens (including phenoxy) is 1. The number of carbonyl (C=O) groups is 1. The van der Waals surface area contributed by atoms with E-state index in [0.717, 1.165) is 11.1 Å². The van der Waals surface area contributed by atoms with Gasteiger partial charge in [0.15, 0.2) is 0 Å². The summed E-state index contributed by atoms with van der Waals surface area (Å²) in [6.45, 7) is 0. The number of carbonyl (C=O) groups excluding carboxylic acids is 1. The first kappa shape index (κ1) is 14.0. The fourth-order valence-electron chi connectivity index (χ4n) is 1.67. The highest BCUT2D eigenvalue weighted by Crippen LogP contribution is 2.21. The molecule has 0 atom stereocenters. The summed E-state index contributed by atoms with van der Waals surface area (Å²) >= 11 is 0. The van der Waals surface area contributed by atoms with E-state index in [0.29, 0.717) is 0 Å². The highest BCUT2D eigenvalue weighted by molar-refractivity contribution is 6.50. The molecule has 0 aliphatic carbocycles. The fourth-order valence-corrected chi connectivity index (χ4v) is 1.67. The third kappa shape index (κ3) is 2.97. The van der Waals surface area contributed by atoms with Gasteiger partial charge in [-0.3, -0.25) is 4.79 Å². The van der Waals surface area contributed by atoms with Crippen LogP contribution >= 0.6 is 0 Å². The third-order valence-electron chi connectivity index (χ3n) is 3.01. The Morgan fingerprint density at radius 3 is 1.88 bits per heavy atom. The van der Waals surface area contributed by atoms with Crippen molar-refractivity contribution < 1.29 is 14.6 Å². The van der Waals surface area contributed by atoms with Crippen LogP contribution in [0.2, 0.25) is 0 Å². The lowest BCUT2D eigenvalue weighted by Gasteiger charge is -2.24. The van der Waals surface area contributed by atoms with E-state index in [9.17, 15) is 9.90 Å². The number of hydrogen-bond donors (Lipinski definition) is 1. The molecule has 0 radical (unpaired) electrons. The van der Waals surface area contributed by atoms with Gasteiger partial charge < -0.3 is 9.84 Å². The second-order valence-electron chi connectivity index (χ2n) is 5.25. The first-order chi connectivity index (χ1) is 7.69. The van der Waals surface area contributed by atoms with Crippen molar-refractivity contribution in [3.05, 3.63) is 35.4 Å². The molecule has 0 amide bonds. The Balaban J connectivity index is 3.07. The van der Waals surface area contributed by atoms with Crippen molar-refractivity contribution in [2.75, 3.05) is 7.11 Å². The zero-order valence-electron chi connectivity index (χ0n) is 11.1. The summed E-state index contributed by atoms with van der Waals surface area (Å²) < 4.78 is 4.78. The van der Waals surface area contributed by atoms with Crippen LogP contribution in [0.15, 0.2) is 24.3 Å². The molecular weight excluding hydrogens is 211 g/mol. The summed E-state index contributed by atoms with van der Waals surface area (Å²) in [6.07, 6.45) is 0. The standard InChI is InChI=1S/C10H16B4O3/c1-17-8(15)9(11,12)6-2-4-7(5-3-6)10(13,14)16/h2-5,16H,11-14H2,1H3. The SMILES string of the molecule is BC(B)(O)c1ccc(C(B)(B)C(=O)OC)cc1. The number of rotatable bonds is 3. The molecule has 0 aliphatic rings. The van der Waals surface area contributed by atoms with Gasteiger partial charge >= 0.3 is 0 Å². The van der Waals surface area contributed by atoms with E-state index in [1.54, 1.807) is 15.7 Å². The highest BCUT2D eigenvalue weighted by atomic mass is 16.5. The summed E-state index contributed by atoms with van der Waals surface area (Å²) in [5.74, 6) is -0.270. The molecule has 86 valence electrons. The molecule has 7 heteroatoms. The molecule has 17 heavy (non-hydrogen) atoms. The van der Waals surface area contributed by atoms with Crippen LogP contribution < -0.4 is 0 Å². The van der Waals surface area contributed by atoms with Crippen molar-refractivity contribution in [2.45, 2.75) is 10.6 Å². The van der Waals surface area contributed by atoms with Gasteiger partial charge in [0.25, 0.3) is 5.97 Å². The summed E-state index contributed by atoms with van der Waals surface area (Å²) in [5.41, 5.74) is 1.69. The van der Waals surface area contributed by atoms with E-state index in [2.05, 4.69) is 0 Å². The first-order valence-electron chi connectivity index (χ1n) is 5.61. The summed E-state index contributed by atoms with van der Waals surface area (Å²) in [6, 6.07) is 7.37. The van der Waals surface area contributed by atoms with E-state index in [1.165, 1.54) is 7.11 Å². The van der Waals surface area contributed by atoms with Crippen molar-refractivity contribution in [2.24, 2.45) is 0 Å².